The molecule has 1 N–H and O–H groups in total. The Morgan fingerprint density at radius 1 is 1.56 bits per heavy atom. The Labute approximate surface area is 113 Å². The van der Waals surface area contributed by atoms with Gasteiger partial charge in [0.2, 0.25) is 0 Å². The van der Waals surface area contributed by atoms with Crippen molar-refractivity contribution in [3.63, 3.8) is 0 Å². The van der Waals surface area contributed by atoms with Gasteiger partial charge in [0.1, 0.15) is 0 Å². The van der Waals surface area contributed by atoms with Gasteiger partial charge in [-0.1, -0.05) is 6.92 Å². The van der Waals surface area contributed by atoms with E-state index in [1.54, 1.807) is 6.20 Å². The first-order valence-electron chi connectivity index (χ1n) is 5.14. The van der Waals surface area contributed by atoms with Crippen LogP contribution in [0.15, 0.2) is 21.2 Å². The molecule has 0 aromatic carbocycles. The summed E-state index contributed by atoms with van der Waals surface area (Å²) < 4.78 is 1.98. The first-order valence-corrected chi connectivity index (χ1v) is 6.72. The lowest BCUT2D eigenvalue weighted by Crippen LogP contribution is -2.27. The summed E-state index contributed by atoms with van der Waals surface area (Å²) in [6.45, 7) is 2.85. The second-order valence-corrected chi connectivity index (χ2v) is 5.25. The number of pyridine rings is 1. The maximum Gasteiger partial charge on any atom is 0.0684 e. The zero-order valence-corrected chi connectivity index (χ0v) is 12.3. The van der Waals surface area contributed by atoms with Gasteiger partial charge in [-0.25, -0.2) is 0 Å². The Balaban J connectivity index is 2.57. The largest absolute Gasteiger partial charge is 0.307 e. The average molecular weight is 346 g/mol. The standard InChI is InChI=1S/C12H14Br2N2/c1-3-5-10(4-2)15-8-12-11(14)6-9(13)7-16-12/h1,6-7,10,15H,4-5,8H2,2H3. The van der Waals surface area contributed by atoms with Crippen molar-refractivity contribution in [1.29, 1.82) is 0 Å². The molecule has 0 amide bonds. The van der Waals surface area contributed by atoms with Crippen molar-refractivity contribution in [1.82, 2.24) is 10.3 Å². The third-order valence-corrected chi connectivity index (χ3v) is 3.42. The molecule has 0 radical (unpaired) electrons. The van der Waals surface area contributed by atoms with Gasteiger partial charge in [0.15, 0.2) is 0 Å². The predicted octanol–water partition coefficient (Wildman–Crippen LogP) is 3.50. The molecule has 1 atom stereocenters. The SMILES string of the molecule is C#CCC(CC)NCc1ncc(Br)cc1Br. The third kappa shape index (κ3) is 4.25. The van der Waals surface area contributed by atoms with Gasteiger partial charge < -0.3 is 5.32 Å². The Bertz CT molecular complexity index is 385. The normalized spacial score (nSPS) is 12.1. The highest BCUT2D eigenvalue weighted by Gasteiger charge is 2.06. The molecule has 0 bridgehead atoms. The summed E-state index contributed by atoms with van der Waals surface area (Å²) in [5.41, 5.74) is 0.999. The number of hydrogen-bond acceptors (Lipinski definition) is 2. The van der Waals surface area contributed by atoms with Gasteiger partial charge in [0.05, 0.1) is 5.69 Å². The number of nitrogens with zero attached hydrogens (tertiary/aromatic N) is 1. The van der Waals surface area contributed by atoms with Crippen LogP contribution in [0.3, 0.4) is 0 Å². The molecule has 4 heteroatoms. The Morgan fingerprint density at radius 2 is 2.31 bits per heavy atom. The van der Waals surface area contributed by atoms with E-state index in [4.69, 9.17) is 6.42 Å². The number of aromatic nitrogens is 1. The van der Waals surface area contributed by atoms with Crippen LogP contribution < -0.4 is 5.32 Å². The van der Waals surface area contributed by atoms with E-state index in [1.807, 2.05) is 6.07 Å². The van der Waals surface area contributed by atoms with Crippen molar-refractivity contribution in [2.24, 2.45) is 0 Å². The molecule has 0 aliphatic rings. The van der Waals surface area contributed by atoms with E-state index >= 15 is 0 Å². The van der Waals surface area contributed by atoms with Crippen LogP contribution in [0.4, 0.5) is 0 Å². The Morgan fingerprint density at radius 3 is 2.88 bits per heavy atom. The molecule has 2 nitrogen and oxygen atoms in total. The maximum absolute atomic E-state index is 5.30. The average Bonchev–Trinajstić information content (AvgIpc) is 2.26. The molecule has 0 aliphatic carbocycles. The summed E-state index contributed by atoms with van der Waals surface area (Å²) in [6, 6.07) is 2.36. The highest BCUT2D eigenvalue weighted by atomic mass is 79.9. The molecule has 1 unspecified atom stereocenters. The second-order valence-electron chi connectivity index (χ2n) is 3.48. The van der Waals surface area contributed by atoms with Gasteiger partial charge in [-0.05, 0) is 44.3 Å². The number of rotatable bonds is 5. The van der Waals surface area contributed by atoms with Crippen molar-refractivity contribution in [2.45, 2.75) is 32.4 Å². The summed E-state index contributed by atoms with van der Waals surface area (Å²) >= 11 is 6.86. The van der Waals surface area contributed by atoms with Crippen molar-refractivity contribution in [3.8, 4) is 12.3 Å². The van der Waals surface area contributed by atoms with Crippen LogP contribution in [0.2, 0.25) is 0 Å². The lowest BCUT2D eigenvalue weighted by atomic mass is 10.1. The molecule has 0 aliphatic heterocycles. The highest BCUT2D eigenvalue weighted by Crippen LogP contribution is 2.19. The smallest absolute Gasteiger partial charge is 0.0684 e. The summed E-state index contributed by atoms with van der Waals surface area (Å²) in [6.07, 6.45) is 8.88. The summed E-state index contributed by atoms with van der Waals surface area (Å²) in [7, 11) is 0. The van der Waals surface area contributed by atoms with E-state index in [1.165, 1.54) is 0 Å². The summed E-state index contributed by atoms with van der Waals surface area (Å²) in [5, 5.41) is 3.40. The van der Waals surface area contributed by atoms with E-state index in [9.17, 15) is 0 Å². The van der Waals surface area contributed by atoms with Crippen molar-refractivity contribution < 1.29 is 0 Å². The molecule has 1 heterocycles. The zero-order valence-electron chi connectivity index (χ0n) is 9.13. The van der Waals surface area contributed by atoms with Gasteiger partial charge in [-0.15, -0.1) is 12.3 Å². The molecule has 16 heavy (non-hydrogen) atoms. The molecule has 0 saturated heterocycles. The molecular formula is C12H14Br2N2. The predicted molar refractivity (Wildman–Crippen MR) is 74.0 cm³/mol. The minimum Gasteiger partial charge on any atom is -0.307 e. The van der Waals surface area contributed by atoms with E-state index in [2.05, 4.69) is 55.0 Å². The molecular weight excluding hydrogens is 332 g/mol. The van der Waals surface area contributed by atoms with Gasteiger partial charge in [-0.2, -0.15) is 0 Å². The molecule has 86 valence electrons. The first kappa shape index (κ1) is 13.7. The highest BCUT2D eigenvalue weighted by molar-refractivity contribution is 9.11. The summed E-state index contributed by atoms with van der Waals surface area (Å²) in [5.74, 6) is 2.68. The number of hydrogen-bond donors (Lipinski definition) is 1. The maximum atomic E-state index is 5.30. The Hall–Kier alpha value is -0.370. The van der Waals surface area contributed by atoms with Gasteiger partial charge >= 0.3 is 0 Å². The first-order chi connectivity index (χ1) is 7.67. The molecule has 0 spiro atoms. The number of terminal acetylenes is 1. The fourth-order valence-electron chi connectivity index (χ4n) is 1.32. The van der Waals surface area contributed by atoms with Crippen LogP contribution in [0, 0.1) is 12.3 Å². The molecule has 1 aromatic rings. The van der Waals surface area contributed by atoms with Crippen molar-refractivity contribution in [3.05, 3.63) is 26.9 Å². The fourth-order valence-corrected chi connectivity index (χ4v) is 2.44. The van der Waals surface area contributed by atoms with E-state index in [-0.39, 0.29) is 0 Å². The second kappa shape index (κ2) is 7.05. The van der Waals surface area contributed by atoms with Gasteiger partial charge in [0.25, 0.3) is 0 Å². The molecule has 1 aromatic heterocycles. The van der Waals surface area contributed by atoms with Crippen LogP contribution >= 0.6 is 31.9 Å². The van der Waals surface area contributed by atoms with Crippen molar-refractivity contribution in [2.75, 3.05) is 0 Å². The number of nitrogens with one attached hydrogen (secondary N) is 1. The zero-order chi connectivity index (χ0) is 12.0. The third-order valence-electron chi connectivity index (χ3n) is 2.30. The van der Waals surface area contributed by atoms with Crippen LogP contribution in [-0.4, -0.2) is 11.0 Å². The lowest BCUT2D eigenvalue weighted by Gasteiger charge is -2.14. The molecule has 1 rings (SSSR count). The van der Waals surface area contributed by atoms with Crippen LogP contribution in [0.25, 0.3) is 0 Å². The van der Waals surface area contributed by atoms with E-state index < -0.39 is 0 Å². The van der Waals surface area contributed by atoms with Gasteiger partial charge in [0, 0.05) is 34.1 Å². The summed E-state index contributed by atoms with van der Waals surface area (Å²) in [4.78, 5) is 4.34. The minimum atomic E-state index is 0.363. The quantitative estimate of drug-likeness (QED) is 0.826. The van der Waals surface area contributed by atoms with E-state index in [0.29, 0.717) is 6.04 Å². The number of halogens is 2. The molecule has 0 fully saturated rings. The van der Waals surface area contributed by atoms with Gasteiger partial charge in [-0.3, -0.25) is 4.98 Å². The minimum absolute atomic E-state index is 0.363. The van der Waals surface area contributed by atoms with Crippen LogP contribution in [0.1, 0.15) is 25.5 Å². The van der Waals surface area contributed by atoms with E-state index in [0.717, 1.165) is 34.0 Å². The monoisotopic (exact) mass is 344 g/mol. The molecule has 0 saturated carbocycles. The lowest BCUT2D eigenvalue weighted by molar-refractivity contribution is 0.502. The van der Waals surface area contributed by atoms with Crippen LogP contribution in [-0.2, 0) is 6.54 Å². The fraction of sp³-hybridized carbons (Fsp3) is 0.417. The Kier molecular flexibility index (Phi) is 6.04. The van der Waals surface area contributed by atoms with Crippen LogP contribution in [0.5, 0.6) is 0 Å². The van der Waals surface area contributed by atoms with Crippen molar-refractivity contribution >= 4 is 31.9 Å². The topological polar surface area (TPSA) is 24.9 Å².